The molecule has 3 nitrogen and oxygen atoms in total. The van der Waals surface area contributed by atoms with Crippen LogP contribution in [0, 0.1) is 0 Å². The number of alkyl halides is 3. The number of ether oxygens (including phenoxy) is 1. The summed E-state index contributed by atoms with van der Waals surface area (Å²) in [6.45, 7) is 1.76. The molecule has 1 aliphatic rings. The normalized spacial score (nSPS) is 16.8. The van der Waals surface area contributed by atoms with Gasteiger partial charge in [-0.2, -0.15) is 13.2 Å². The first-order valence-corrected chi connectivity index (χ1v) is 8.36. The Morgan fingerprint density at radius 1 is 1.20 bits per heavy atom. The van der Waals surface area contributed by atoms with Crippen LogP contribution < -0.4 is 0 Å². The number of nitrogens with zero attached hydrogens (tertiary/aromatic N) is 1. The zero-order chi connectivity index (χ0) is 18.0. The second-order valence-electron chi connectivity index (χ2n) is 5.52. The van der Waals surface area contributed by atoms with E-state index >= 15 is 0 Å². The van der Waals surface area contributed by atoms with Gasteiger partial charge in [0.15, 0.2) is 0 Å². The topological polar surface area (TPSA) is 38.7 Å². The molecule has 7 heteroatoms. The van der Waals surface area contributed by atoms with Gasteiger partial charge in [-0.05, 0) is 30.7 Å². The second kappa shape index (κ2) is 6.92. The van der Waals surface area contributed by atoms with Gasteiger partial charge in [0.25, 0.3) is 0 Å². The third-order valence-corrected chi connectivity index (χ3v) is 5.01. The van der Waals surface area contributed by atoms with Crippen LogP contribution in [0.3, 0.4) is 0 Å². The van der Waals surface area contributed by atoms with Gasteiger partial charge in [-0.15, -0.1) is 11.8 Å². The molecule has 0 N–H and O–H groups in total. The molecule has 0 saturated carbocycles. The van der Waals surface area contributed by atoms with Crippen molar-refractivity contribution >= 4 is 29.1 Å². The van der Waals surface area contributed by atoms with Gasteiger partial charge in [0.05, 0.1) is 11.3 Å². The van der Waals surface area contributed by atoms with E-state index in [1.807, 2.05) is 30.3 Å². The van der Waals surface area contributed by atoms with Crippen molar-refractivity contribution in [2.45, 2.75) is 29.9 Å². The highest BCUT2D eigenvalue weighted by atomic mass is 32.2. The monoisotopic (exact) mass is 365 g/mol. The average Bonchev–Trinajstić information content (AvgIpc) is 2.58. The van der Waals surface area contributed by atoms with E-state index in [9.17, 15) is 18.0 Å². The molecule has 2 aromatic carbocycles. The fourth-order valence-electron chi connectivity index (χ4n) is 2.36. The minimum atomic E-state index is -4.42. The highest BCUT2D eigenvalue weighted by Gasteiger charge is 2.34. The molecule has 2 aromatic rings. The summed E-state index contributed by atoms with van der Waals surface area (Å²) < 4.78 is 43.7. The van der Waals surface area contributed by atoms with Crippen molar-refractivity contribution in [3.05, 3.63) is 59.7 Å². The van der Waals surface area contributed by atoms with Gasteiger partial charge in [-0.25, -0.2) is 0 Å². The number of carbonyl (C=O) groups is 1. The number of halogens is 3. The van der Waals surface area contributed by atoms with Crippen LogP contribution in [0.15, 0.2) is 58.4 Å². The minimum Gasteiger partial charge on any atom is -0.460 e. The zero-order valence-corrected chi connectivity index (χ0v) is 14.0. The standard InChI is InChI=1S/C18H14F3NO2S/c1-11-16(17(23)24-10-12-5-3-2-4-6-12)25-15-8-7-13(18(19,20)21)9-14(15)22-11/h2-9,16H,10H2,1H3. The Hall–Kier alpha value is -2.28. The maximum Gasteiger partial charge on any atom is 0.416 e. The van der Waals surface area contributed by atoms with E-state index in [2.05, 4.69) is 4.99 Å². The summed E-state index contributed by atoms with van der Waals surface area (Å²) in [5.41, 5.74) is 0.759. The maximum atomic E-state index is 12.8. The van der Waals surface area contributed by atoms with Crippen LogP contribution in [0.1, 0.15) is 18.1 Å². The lowest BCUT2D eigenvalue weighted by Crippen LogP contribution is -2.28. The first-order valence-electron chi connectivity index (χ1n) is 7.48. The molecule has 0 radical (unpaired) electrons. The predicted octanol–water partition coefficient (Wildman–Crippen LogP) is 5.02. The summed E-state index contributed by atoms with van der Waals surface area (Å²) in [6.07, 6.45) is -4.42. The summed E-state index contributed by atoms with van der Waals surface area (Å²) in [5, 5.41) is -0.659. The summed E-state index contributed by atoms with van der Waals surface area (Å²) in [7, 11) is 0. The number of fused-ring (bicyclic) bond motifs is 1. The van der Waals surface area contributed by atoms with Crippen LogP contribution in [0.5, 0.6) is 0 Å². The van der Waals surface area contributed by atoms with Crippen molar-refractivity contribution in [3.8, 4) is 0 Å². The number of carbonyl (C=O) groups excluding carboxylic acids is 1. The fourth-order valence-corrected chi connectivity index (χ4v) is 3.38. The largest absolute Gasteiger partial charge is 0.460 e. The Labute approximate surface area is 146 Å². The summed E-state index contributed by atoms with van der Waals surface area (Å²) in [5.74, 6) is -0.458. The molecule has 0 spiro atoms. The van der Waals surface area contributed by atoms with Gasteiger partial charge in [0, 0.05) is 10.6 Å². The molecule has 0 amide bonds. The molecule has 1 atom stereocenters. The third kappa shape index (κ3) is 4.04. The molecular weight excluding hydrogens is 351 g/mol. The molecule has 0 bridgehead atoms. The number of aliphatic imine (C=N–C) groups is 1. The highest BCUT2D eigenvalue weighted by Crippen LogP contribution is 2.41. The van der Waals surface area contributed by atoms with E-state index < -0.39 is 23.0 Å². The third-order valence-electron chi connectivity index (χ3n) is 3.65. The van der Waals surface area contributed by atoms with Crippen molar-refractivity contribution in [2.24, 2.45) is 4.99 Å². The lowest BCUT2D eigenvalue weighted by molar-refractivity contribution is -0.143. The molecule has 1 aliphatic heterocycles. The van der Waals surface area contributed by atoms with E-state index in [-0.39, 0.29) is 12.3 Å². The predicted molar refractivity (Wildman–Crippen MR) is 90.1 cm³/mol. The van der Waals surface area contributed by atoms with E-state index in [0.29, 0.717) is 10.6 Å². The Morgan fingerprint density at radius 2 is 1.92 bits per heavy atom. The Balaban J connectivity index is 1.74. The van der Waals surface area contributed by atoms with Crippen LogP contribution in [0.25, 0.3) is 0 Å². The summed E-state index contributed by atoms with van der Waals surface area (Å²) >= 11 is 1.16. The van der Waals surface area contributed by atoms with Crippen molar-refractivity contribution in [1.82, 2.24) is 0 Å². The summed E-state index contributed by atoms with van der Waals surface area (Å²) in [4.78, 5) is 17.0. The van der Waals surface area contributed by atoms with Crippen LogP contribution >= 0.6 is 11.8 Å². The minimum absolute atomic E-state index is 0.143. The molecule has 0 aliphatic carbocycles. The van der Waals surface area contributed by atoms with E-state index in [4.69, 9.17) is 4.74 Å². The first-order chi connectivity index (χ1) is 11.8. The molecule has 25 heavy (non-hydrogen) atoms. The number of hydrogen-bond acceptors (Lipinski definition) is 4. The first kappa shape index (κ1) is 17.5. The van der Waals surface area contributed by atoms with Gasteiger partial charge in [-0.1, -0.05) is 30.3 Å². The van der Waals surface area contributed by atoms with Crippen LogP contribution in [0.4, 0.5) is 18.9 Å². The van der Waals surface area contributed by atoms with Gasteiger partial charge in [0.2, 0.25) is 0 Å². The van der Waals surface area contributed by atoms with Gasteiger partial charge >= 0.3 is 12.1 Å². The molecule has 0 fully saturated rings. The second-order valence-corrected chi connectivity index (χ2v) is 6.67. The molecule has 1 heterocycles. The number of hydrogen-bond donors (Lipinski definition) is 0. The quantitative estimate of drug-likeness (QED) is 0.717. The van der Waals surface area contributed by atoms with E-state index in [1.165, 1.54) is 6.07 Å². The molecule has 0 saturated heterocycles. The van der Waals surface area contributed by atoms with E-state index in [1.54, 1.807) is 6.92 Å². The number of thioether (sulfide) groups is 1. The van der Waals surface area contributed by atoms with Gasteiger partial charge in [-0.3, -0.25) is 9.79 Å². The Morgan fingerprint density at radius 3 is 2.60 bits per heavy atom. The Bertz CT molecular complexity index is 819. The lowest BCUT2D eigenvalue weighted by Gasteiger charge is -2.22. The number of esters is 1. The molecule has 3 rings (SSSR count). The summed E-state index contributed by atoms with van der Waals surface area (Å²) in [6, 6.07) is 12.6. The van der Waals surface area contributed by atoms with Crippen molar-refractivity contribution < 1.29 is 22.7 Å². The van der Waals surface area contributed by atoms with Crippen LogP contribution in [-0.4, -0.2) is 16.9 Å². The maximum absolute atomic E-state index is 12.8. The Kier molecular flexibility index (Phi) is 4.85. The molecule has 1 unspecified atom stereocenters. The molecule has 0 aromatic heterocycles. The SMILES string of the molecule is CC1=Nc2cc(C(F)(F)F)ccc2SC1C(=O)OCc1ccccc1. The molecular formula is C18H14F3NO2S. The van der Waals surface area contributed by atoms with Crippen molar-refractivity contribution in [3.63, 3.8) is 0 Å². The van der Waals surface area contributed by atoms with E-state index in [0.717, 1.165) is 29.5 Å². The van der Waals surface area contributed by atoms with Crippen LogP contribution in [0.2, 0.25) is 0 Å². The van der Waals surface area contributed by atoms with Gasteiger partial charge < -0.3 is 4.74 Å². The average molecular weight is 365 g/mol. The smallest absolute Gasteiger partial charge is 0.416 e. The molecule has 130 valence electrons. The number of rotatable bonds is 3. The highest BCUT2D eigenvalue weighted by molar-refractivity contribution is 8.01. The lowest BCUT2D eigenvalue weighted by atomic mass is 10.2. The fraction of sp³-hybridized carbons (Fsp3) is 0.222. The van der Waals surface area contributed by atoms with Crippen molar-refractivity contribution in [2.75, 3.05) is 0 Å². The van der Waals surface area contributed by atoms with Crippen LogP contribution in [-0.2, 0) is 22.3 Å². The van der Waals surface area contributed by atoms with Crippen molar-refractivity contribution in [1.29, 1.82) is 0 Å². The van der Waals surface area contributed by atoms with Gasteiger partial charge in [0.1, 0.15) is 11.9 Å². The number of benzene rings is 2. The zero-order valence-electron chi connectivity index (χ0n) is 13.2.